The van der Waals surface area contributed by atoms with Gasteiger partial charge in [-0.05, 0) is 6.92 Å². The zero-order valence-corrected chi connectivity index (χ0v) is 4.53. The molecule has 0 rings (SSSR count). The third kappa shape index (κ3) is 1.90. The number of aliphatic hydroxyl groups is 1. The molecule has 0 heterocycles. The first kappa shape index (κ1) is 7.39. The van der Waals surface area contributed by atoms with Gasteiger partial charge in [0, 0.05) is 0 Å². The number of carbonyl (C=O) groups is 1. The first-order chi connectivity index (χ1) is 3.55. The highest BCUT2D eigenvalue weighted by Crippen LogP contribution is 1.85. The predicted octanol–water partition coefficient (Wildman–Crippen LogP) is -1.22. The number of aliphatic carboxylic acids is 1. The van der Waals surface area contributed by atoms with Crippen molar-refractivity contribution in [3.63, 3.8) is 0 Å². The highest BCUT2D eigenvalue weighted by atomic mass is 16.5. The normalized spacial score (nSPS) is 17.4. The summed E-state index contributed by atoms with van der Waals surface area (Å²) in [5.41, 5.74) is 4.91. The van der Waals surface area contributed by atoms with Gasteiger partial charge in [-0.2, -0.15) is 0 Å². The Morgan fingerprint density at radius 3 is 2.12 bits per heavy atom. The maximum absolute atomic E-state index is 9.86. The second-order valence-electron chi connectivity index (χ2n) is 1.60. The van der Waals surface area contributed by atoms with Gasteiger partial charge in [0.05, 0.1) is 6.10 Å². The number of rotatable bonds is 2. The first-order valence-electron chi connectivity index (χ1n) is 2.22. The van der Waals surface area contributed by atoms with Gasteiger partial charge >= 0.3 is 5.97 Å². The van der Waals surface area contributed by atoms with Gasteiger partial charge in [0.2, 0.25) is 0 Å². The zero-order chi connectivity index (χ0) is 6.73. The quantitative estimate of drug-likeness (QED) is 0.402. The van der Waals surface area contributed by atoms with E-state index in [1.165, 1.54) is 6.92 Å². The Bertz CT molecular complexity index is 91.3. The van der Waals surface area contributed by atoms with Gasteiger partial charge in [-0.25, -0.2) is 0 Å². The lowest BCUT2D eigenvalue weighted by Crippen LogP contribution is -2.39. The number of hydrogen-bond donors (Lipinski definition) is 3. The minimum Gasteiger partial charge on any atom is -0.480 e. The molecule has 4 nitrogen and oxygen atoms in total. The largest absolute Gasteiger partial charge is 0.480 e. The van der Waals surface area contributed by atoms with Crippen molar-refractivity contribution in [2.24, 2.45) is 5.73 Å². The molecule has 4 N–H and O–H groups in total. The summed E-state index contributed by atoms with van der Waals surface area (Å²) in [5, 5.41) is 16.6. The summed E-state index contributed by atoms with van der Waals surface area (Å²) in [5.74, 6) is -1.18. The van der Waals surface area contributed by atoms with Crippen molar-refractivity contribution in [2.75, 3.05) is 0 Å². The summed E-state index contributed by atoms with van der Waals surface area (Å²) in [6.45, 7) is 1.33. The van der Waals surface area contributed by atoms with E-state index < -0.39 is 18.1 Å². The van der Waals surface area contributed by atoms with Crippen LogP contribution < -0.4 is 5.73 Å². The van der Waals surface area contributed by atoms with Crippen molar-refractivity contribution < 1.29 is 15.0 Å². The minimum atomic E-state index is -1.18. The molecule has 0 aliphatic carbocycles. The van der Waals surface area contributed by atoms with Crippen LogP contribution in [0.2, 0.25) is 0 Å². The van der Waals surface area contributed by atoms with Crippen LogP contribution in [-0.4, -0.2) is 28.3 Å². The van der Waals surface area contributed by atoms with Crippen molar-refractivity contribution in [3.05, 3.63) is 0 Å². The molecule has 0 fully saturated rings. The molecule has 0 aromatic carbocycles. The minimum absolute atomic E-state index is 0.979. The average molecular weight is 123 g/mol. The van der Waals surface area contributed by atoms with Gasteiger partial charge in [-0.1, -0.05) is 0 Å². The van der Waals surface area contributed by atoms with E-state index in [2.05, 4.69) is 0 Å². The fraction of sp³-hybridized carbons (Fsp3) is 0.750. The summed E-state index contributed by atoms with van der Waals surface area (Å²) in [4.78, 5) is 9.86. The number of aliphatic hydroxyl groups excluding tert-OH is 1. The molecule has 0 aliphatic heterocycles. The summed E-state index contributed by atoms with van der Waals surface area (Å²) in [6.07, 6.45) is -0.979. The molecule has 0 aromatic heterocycles. The van der Waals surface area contributed by atoms with Gasteiger partial charge in [0.1, 0.15) is 6.04 Å². The molecule has 0 spiro atoms. The van der Waals surface area contributed by atoms with Crippen molar-refractivity contribution in [1.29, 1.82) is 0 Å². The van der Waals surface area contributed by atoms with Crippen LogP contribution in [0.25, 0.3) is 0 Å². The fourth-order valence-electron chi connectivity index (χ4n) is 0.206. The predicted molar refractivity (Wildman–Crippen MR) is 27.3 cm³/mol. The molecular weight excluding hydrogens is 114 g/mol. The fourth-order valence-corrected chi connectivity index (χ4v) is 0.206. The van der Waals surface area contributed by atoms with Gasteiger partial charge in [0.25, 0.3) is 0 Å². The molecule has 0 saturated heterocycles. The van der Waals surface area contributed by atoms with Crippen molar-refractivity contribution >= 4 is 5.97 Å². The molecule has 48 valence electrons. The molecule has 8 heavy (non-hydrogen) atoms. The monoisotopic (exact) mass is 123 g/mol. The smallest absolute Gasteiger partial charge is 0.323 e. The summed E-state index contributed by atoms with van der Waals surface area (Å²) >= 11 is 0. The summed E-state index contributed by atoms with van der Waals surface area (Å²) < 4.78 is 0. The topological polar surface area (TPSA) is 83.5 Å². The second-order valence-corrected chi connectivity index (χ2v) is 1.60. The molecule has 0 aromatic rings. The van der Waals surface area contributed by atoms with Crippen molar-refractivity contribution in [3.8, 4) is 0 Å². The maximum Gasteiger partial charge on any atom is 0.323 e. The molecule has 4 heteroatoms. The van der Waals surface area contributed by atoms with E-state index in [1.807, 2.05) is 0 Å². The molecule has 0 radical (unpaired) electrons. The van der Waals surface area contributed by atoms with Crippen LogP contribution >= 0.6 is 0 Å². The SMILES string of the molecule is [13CH3][13C@H](O)[13C@@H](N)[13C](=O)O. The lowest BCUT2D eigenvalue weighted by Gasteiger charge is -2.06. The van der Waals surface area contributed by atoms with Gasteiger partial charge in [-0.3, -0.25) is 4.79 Å². The lowest BCUT2D eigenvalue weighted by molar-refractivity contribution is -0.140. The van der Waals surface area contributed by atoms with E-state index in [4.69, 9.17) is 15.9 Å². The van der Waals surface area contributed by atoms with Crippen molar-refractivity contribution in [2.45, 2.75) is 19.1 Å². The van der Waals surface area contributed by atoms with Gasteiger partial charge in [-0.15, -0.1) is 0 Å². The number of nitrogens with two attached hydrogens (primary N) is 1. The Hall–Kier alpha value is -0.610. The van der Waals surface area contributed by atoms with Crippen LogP contribution in [0.5, 0.6) is 0 Å². The zero-order valence-electron chi connectivity index (χ0n) is 4.53. The Morgan fingerprint density at radius 1 is 1.75 bits per heavy atom. The standard InChI is InChI=1S/C4H9NO3/c1-2(6)3(5)4(7)8/h2-3,6H,5H2,1H3,(H,7,8)/t2-,3+/m0/s1/i1+1,2+1,3+1,4+1. The Labute approximate surface area is 46.9 Å². The Kier molecular flexibility index (Phi) is 2.44. The van der Waals surface area contributed by atoms with Crippen LogP contribution in [0.4, 0.5) is 0 Å². The van der Waals surface area contributed by atoms with E-state index in [9.17, 15) is 4.79 Å². The molecule has 0 saturated carbocycles. The molecule has 0 amide bonds. The number of carboxylic acids is 1. The molecule has 0 bridgehead atoms. The maximum atomic E-state index is 9.86. The van der Waals surface area contributed by atoms with Crippen LogP contribution in [0.1, 0.15) is 6.92 Å². The highest BCUT2D eigenvalue weighted by Gasteiger charge is 2.16. The van der Waals surface area contributed by atoms with E-state index in [1.54, 1.807) is 0 Å². The second kappa shape index (κ2) is 2.64. The van der Waals surface area contributed by atoms with Crippen LogP contribution in [0.15, 0.2) is 0 Å². The molecule has 0 unspecified atom stereocenters. The first-order valence-corrected chi connectivity index (χ1v) is 2.22. The van der Waals surface area contributed by atoms with Gasteiger partial charge in [0.15, 0.2) is 0 Å². The molecule has 2 atom stereocenters. The van der Waals surface area contributed by atoms with Crippen LogP contribution in [0.3, 0.4) is 0 Å². The summed E-state index contributed by atoms with van der Waals surface area (Å²) in [6, 6.07) is -1.16. The number of carboxylic acid groups (broad SMARTS) is 1. The third-order valence-corrected chi connectivity index (χ3v) is 0.805. The Balaban J connectivity index is 3.64. The Morgan fingerprint density at radius 2 is 2.12 bits per heavy atom. The average Bonchev–Trinajstić information content (AvgIpc) is 1.64. The number of hydrogen-bond acceptors (Lipinski definition) is 3. The summed E-state index contributed by atoms with van der Waals surface area (Å²) in [7, 11) is 0. The van der Waals surface area contributed by atoms with E-state index >= 15 is 0 Å². The van der Waals surface area contributed by atoms with E-state index in [-0.39, 0.29) is 0 Å². The third-order valence-electron chi connectivity index (χ3n) is 0.805. The van der Waals surface area contributed by atoms with Crippen LogP contribution in [0, 0.1) is 0 Å². The lowest BCUT2D eigenvalue weighted by atomic mass is 11.1. The highest BCUT2D eigenvalue weighted by molar-refractivity contribution is 5.73. The van der Waals surface area contributed by atoms with Crippen molar-refractivity contribution in [1.82, 2.24) is 0 Å². The molecule has 0 aliphatic rings. The van der Waals surface area contributed by atoms with E-state index in [0.717, 1.165) is 0 Å². The van der Waals surface area contributed by atoms with Gasteiger partial charge < -0.3 is 15.9 Å². The van der Waals surface area contributed by atoms with Crippen LogP contribution in [-0.2, 0) is 4.79 Å². The van der Waals surface area contributed by atoms with E-state index in [0.29, 0.717) is 0 Å². The molecular formula is C4H9NO3.